The minimum absolute atomic E-state index is 0.437. The summed E-state index contributed by atoms with van der Waals surface area (Å²) < 4.78 is 7.22. The van der Waals surface area contributed by atoms with Gasteiger partial charge >= 0.3 is 6.03 Å². The van der Waals surface area contributed by atoms with Gasteiger partial charge in [0.1, 0.15) is 10.8 Å². The van der Waals surface area contributed by atoms with Crippen molar-refractivity contribution < 1.29 is 9.53 Å². The maximum Gasteiger partial charge on any atom is 0.321 e. The highest BCUT2D eigenvalue weighted by Crippen LogP contribution is 2.39. The Balaban J connectivity index is 1.49. The van der Waals surface area contributed by atoms with E-state index in [-0.39, 0.29) is 0 Å². The smallest absolute Gasteiger partial charge is 0.321 e. The number of hydrogen-bond donors (Lipinski definition) is 2. The Morgan fingerprint density at radius 2 is 1.75 bits per heavy atom. The van der Waals surface area contributed by atoms with Crippen LogP contribution in [0.1, 0.15) is 34.9 Å². The zero-order valence-corrected chi connectivity index (χ0v) is 23.3. The van der Waals surface area contributed by atoms with Gasteiger partial charge in [-0.3, -0.25) is 9.56 Å². The van der Waals surface area contributed by atoms with Crippen LogP contribution in [-0.4, -0.2) is 33.6 Å². The lowest BCUT2D eigenvalue weighted by atomic mass is 10.0. The highest BCUT2D eigenvalue weighted by Gasteiger charge is 2.32. The summed E-state index contributed by atoms with van der Waals surface area (Å²) in [6.07, 6.45) is 0.0107. The SMILES string of the molecule is CCc1cc2c(s1)-n1c(-c3ccccc3)nnc1C(NC(=O)Nc1ccc(OC)cc1)N=C2c1ccccc1Cl. The first-order chi connectivity index (χ1) is 19.6. The van der Waals surface area contributed by atoms with E-state index in [0.717, 1.165) is 28.1 Å². The number of aryl methyl sites for hydroxylation is 1. The molecule has 40 heavy (non-hydrogen) atoms. The van der Waals surface area contributed by atoms with E-state index in [0.29, 0.717) is 33.8 Å². The third-order valence-corrected chi connectivity index (χ3v) is 8.13. The molecule has 1 aliphatic rings. The topological polar surface area (TPSA) is 93.4 Å². The number of fused-ring (bicyclic) bond motifs is 3. The molecule has 6 rings (SSSR count). The third kappa shape index (κ3) is 4.85. The van der Waals surface area contributed by atoms with E-state index >= 15 is 0 Å². The van der Waals surface area contributed by atoms with Crippen molar-refractivity contribution >= 4 is 40.4 Å². The van der Waals surface area contributed by atoms with Crippen molar-refractivity contribution in [2.75, 3.05) is 12.4 Å². The zero-order valence-electron chi connectivity index (χ0n) is 21.8. The molecule has 0 radical (unpaired) electrons. The van der Waals surface area contributed by atoms with E-state index in [4.69, 9.17) is 21.3 Å². The fourth-order valence-corrected chi connectivity index (χ4v) is 5.91. The van der Waals surface area contributed by atoms with Crippen molar-refractivity contribution in [2.24, 2.45) is 4.99 Å². The molecule has 10 heteroatoms. The van der Waals surface area contributed by atoms with E-state index in [1.54, 1.807) is 42.7 Å². The van der Waals surface area contributed by atoms with Crippen LogP contribution in [0, 0.1) is 0 Å². The van der Waals surface area contributed by atoms with E-state index in [1.807, 2.05) is 59.2 Å². The zero-order chi connectivity index (χ0) is 27.6. The largest absolute Gasteiger partial charge is 0.497 e. The molecule has 2 amide bonds. The summed E-state index contributed by atoms with van der Waals surface area (Å²) in [6, 6.07) is 26.2. The van der Waals surface area contributed by atoms with Gasteiger partial charge in [0.2, 0.25) is 0 Å². The number of nitrogens with zero attached hydrogens (tertiary/aromatic N) is 4. The number of amides is 2. The second kappa shape index (κ2) is 11.0. The molecule has 0 spiro atoms. The number of aliphatic imine (C=N–C) groups is 1. The number of rotatable bonds is 6. The second-order valence-electron chi connectivity index (χ2n) is 9.06. The molecule has 3 heterocycles. The Morgan fingerprint density at radius 3 is 2.48 bits per heavy atom. The summed E-state index contributed by atoms with van der Waals surface area (Å²) in [5, 5.41) is 16.5. The van der Waals surface area contributed by atoms with Gasteiger partial charge in [0.15, 0.2) is 17.8 Å². The predicted molar refractivity (Wildman–Crippen MR) is 159 cm³/mol. The average Bonchev–Trinajstić information content (AvgIpc) is 3.59. The van der Waals surface area contributed by atoms with Gasteiger partial charge in [-0.2, -0.15) is 0 Å². The number of halogens is 1. The van der Waals surface area contributed by atoms with E-state index < -0.39 is 12.2 Å². The number of thiophene rings is 1. The first-order valence-electron chi connectivity index (χ1n) is 12.7. The number of nitrogens with one attached hydrogen (secondary N) is 2. The standard InChI is InChI=1S/C30H25ClN6O2S/c1-3-21-17-23-25(22-11-7-8-12-24(22)31)33-26(34-30(38)32-19-13-15-20(39-2)16-14-19)28-36-35-27(37(28)29(23)40-21)18-9-5-4-6-10-18/h4-17,26H,3H2,1-2H3,(H2,32,34,38). The number of methoxy groups -OCH3 is 1. The number of benzene rings is 3. The highest BCUT2D eigenvalue weighted by atomic mass is 35.5. The third-order valence-electron chi connectivity index (χ3n) is 6.54. The molecule has 5 aromatic rings. The van der Waals surface area contributed by atoms with Gasteiger partial charge in [0.05, 0.1) is 12.8 Å². The van der Waals surface area contributed by atoms with Crippen LogP contribution in [0.2, 0.25) is 5.02 Å². The van der Waals surface area contributed by atoms with Gasteiger partial charge in [-0.15, -0.1) is 21.5 Å². The van der Waals surface area contributed by atoms with E-state index in [9.17, 15) is 4.79 Å². The van der Waals surface area contributed by atoms with E-state index in [1.165, 1.54) is 4.88 Å². The Bertz CT molecular complexity index is 1710. The summed E-state index contributed by atoms with van der Waals surface area (Å²) in [7, 11) is 1.60. The van der Waals surface area contributed by atoms with Gasteiger partial charge < -0.3 is 15.4 Å². The van der Waals surface area contributed by atoms with Gasteiger partial charge in [-0.05, 0) is 42.8 Å². The monoisotopic (exact) mass is 568 g/mol. The molecule has 2 aromatic heterocycles. The second-order valence-corrected chi connectivity index (χ2v) is 10.6. The van der Waals surface area contributed by atoms with Crippen LogP contribution in [0.3, 0.4) is 0 Å². The fraction of sp³-hybridized carbons (Fsp3) is 0.133. The molecule has 1 atom stereocenters. The van der Waals surface area contributed by atoms with Crippen LogP contribution < -0.4 is 15.4 Å². The number of carbonyl (C=O) groups is 1. The van der Waals surface area contributed by atoms with Crippen LogP contribution >= 0.6 is 22.9 Å². The molecule has 1 aliphatic heterocycles. The van der Waals surface area contributed by atoms with Gasteiger partial charge in [-0.25, -0.2) is 4.79 Å². The number of ether oxygens (including phenoxy) is 1. The number of hydrogen-bond acceptors (Lipinski definition) is 6. The van der Waals surface area contributed by atoms with Crippen LogP contribution in [0.25, 0.3) is 16.4 Å². The number of anilines is 1. The van der Waals surface area contributed by atoms with Gasteiger partial charge in [0.25, 0.3) is 0 Å². The summed E-state index contributed by atoms with van der Waals surface area (Å²) >= 11 is 8.35. The lowest BCUT2D eigenvalue weighted by Gasteiger charge is -2.16. The molecular formula is C30H25ClN6O2S. The summed E-state index contributed by atoms with van der Waals surface area (Å²) in [4.78, 5) is 19.5. The molecule has 2 N–H and O–H groups in total. The quantitative estimate of drug-likeness (QED) is 0.233. The van der Waals surface area contributed by atoms with Crippen molar-refractivity contribution in [2.45, 2.75) is 19.5 Å². The molecule has 200 valence electrons. The van der Waals surface area contributed by atoms with Gasteiger partial charge in [-0.1, -0.05) is 67.1 Å². The lowest BCUT2D eigenvalue weighted by Crippen LogP contribution is -2.33. The molecular weight excluding hydrogens is 544 g/mol. The minimum Gasteiger partial charge on any atom is -0.497 e. The van der Waals surface area contributed by atoms with Crippen molar-refractivity contribution in [3.05, 3.63) is 112 Å². The summed E-state index contributed by atoms with van der Waals surface area (Å²) in [6.45, 7) is 2.12. The van der Waals surface area contributed by atoms with Crippen LogP contribution in [-0.2, 0) is 6.42 Å². The van der Waals surface area contributed by atoms with E-state index in [2.05, 4.69) is 33.8 Å². The predicted octanol–water partition coefficient (Wildman–Crippen LogP) is 6.89. The number of urea groups is 1. The molecule has 0 saturated heterocycles. The molecule has 8 nitrogen and oxygen atoms in total. The molecule has 0 aliphatic carbocycles. The first-order valence-corrected chi connectivity index (χ1v) is 13.9. The number of carbonyl (C=O) groups excluding carboxylic acids is 1. The highest BCUT2D eigenvalue weighted by molar-refractivity contribution is 7.15. The Hall–Kier alpha value is -4.47. The van der Waals surface area contributed by atoms with Gasteiger partial charge in [0, 0.05) is 32.3 Å². The fourth-order valence-electron chi connectivity index (χ4n) is 4.58. The molecule has 0 fully saturated rings. The lowest BCUT2D eigenvalue weighted by molar-refractivity contribution is 0.248. The average molecular weight is 569 g/mol. The Labute approximate surface area is 240 Å². The van der Waals surface area contributed by atoms with Crippen molar-refractivity contribution in [3.8, 4) is 22.1 Å². The molecule has 0 saturated carbocycles. The van der Waals surface area contributed by atoms with Crippen LogP contribution in [0.15, 0.2) is 89.9 Å². The summed E-state index contributed by atoms with van der Waals surface area (Å²) in [5.74, 6) is 1.86. The van der Waals surface area contributed by atoms with Crippen LogP contribution in [0.4, 0.5) is 10.5 Å². The van der Waals surface area contributed by atoms with Crippen molar-refractivity contribution in [3.63, 3.8) is 0 Å². The number of aromatic nitrogens is 3. The maximum atomic E-state index is 13.3. The summed E-state index contributed by atoms with van der Waals surface area (Å²) in [5.41, 5.74) is 3.87. The van der Waals surface area contributed by atoms with Crippen molar-refractivity contribution in [1.82, 2.24) is 20.1 Å². The minimum atomic E-state index is -0.848. The first kappa shape index (κ1) is 25.8. The Morgan fingerprint density at radius 1 is 1.00 bits per heavy atom. The molecule has 1 unspecified atom stereocenters. The maximum absolute atomic E-state index is 13.3. The normalized spacial score (nSPS) is 14.0. The molecule has 0 bridgehead atoms. The van der Waals surface area contributed by atoms with Crippen LogP contribution in [0.5, 0.6) is 5.75 Å². The molecule has 3 aromatic carbocycles. The van der Waals surface area contributed by atoms with Crippen molar-refractivity contribution in [1.29, 1.82) is 0 Å². The Kier molecular flexibility index (Phi) is 7.06.